The monoisotopic (exact) mass is 540 g/mol. The van der Waals surface area contributed by atoms with Gasteiger partial charge in [-0.15, -0.1) is 0 Å². The van der Waals surface area contributed by atoms with Crippen molar-refractivity contribution in [1.82, 2.24) is 18.7 Å². The Labute approximate surface area is 218 Å². The van der Waals surface area contributed by atoms with Crippen LogP contribution in [0.1, 0.15) is 16.7 Å². The highest BCUT2D eigenvalue weighted by atomic mass is 35.5. The molecule has 2 aromatic heterocycles. The molecule has 0 fully saturated rings. The summed E-state index contributed by atoms with van der Waals surface area (Å²) in [5.74, 6) is -0.124. The Morgan fingerprint density at radius 3 is 2.21 bits per heavy atom. The molecule has 5 aromatic rings. The van der Waals surface area contributed by atoms with Crippen LogP contribution in [0, 0.1) is 0 Å². The van der Waals surface area contributed by atoms with Crippen molar-refractivity contribution >= 4 is 22.8 Å². The lowest BCUT2D eigenvalue weighted by atomic mass is 10.2. The zero-order chi connectivity index (χ0) is 27.0. The van der Waals surface area contributed by atoms with Gasteiger partial charge in [-0.25, -0.2) is 4.79 Å². The molecule has 0 bridgehead atoms. The fourth-order valence-corrected chi connectivity index (χ4v) is 4.21. The summed E-state index contributed by atoms with van der Waals surface area (Å²) in [5.41, 5.74) is -0.458. The lowest BCUT2D eigenvalue weighted by Gasteiger charge is -2.12. The molecule has 0 aliphatic heterocycles. The summed E-state index contributed by atoms with van der Waals surface area (Å²) >= 11 is 6.01. The molecule has 0 aliphatic rings. The number of halogens is 4. The van der Waals surface area contributed by atoms with E-state index >= 15 is 0 Å². The second-order valence-electron chi connectivity index (χ2n) is 8.63. The number of fused-ring (bicyclic) bond motifs is 1. The maximum atomic E-state index is 13.3. The number of aromatic nitrogens is 4. The highest BCUT2D eigenvalue weighted by molar-refractivity contribution is 6.30. The predicted octanol–water partition coefficient (Wildman–Crippen LogP) is 5.46. The molecule has 0 radical (unpaired) electrons. The minimum absolute atomic E-state index is 0.0536. The van der Waals surface area contributed by atoms with E-state index in [2.05, 4.69) is 4.98 Å². The first-order chi connectivity index (χ1) is 18.1. The van der Waals surface area contributed by atoms with E-state index in [1.807, 2.05) is 30.3 Å². The number of hydrogen-bond donors (Lipinski definition) is 0. The summed E-state index contributed by atoms with van der Waals surface area (Å²) in [6.45, 7) is 0.200. The van der Waals surface area contributed by atoms with Gasteiger partial charge in [0.15, 0.2) is 11.2 Å². The normalized spacial score (nSPS) is 11.7. The van der Waals surface area contributed by atoms with E-state index in [4.69, 9.17) is 16.3 Å². The van der Waals surface area contributed by atoms with E-state index in [0.717, 1.165) is 27.8 Å². The largest absolute Gasteiger partial charge is 0.425 e. The maximum Gasteiger partial charge on any atom is 0.416 e. The van der Waals surface area contributed by atoms with Gasteiger partial charge in [-0.1, -0.05) is 60.1 Å². The van der Waals surface area contributed by atoms with Gasteiger partial charge < -0.3 is 4.74 Å². The molecule has 0 spiro atoms. The summed E-state index contributed by atoms with van der Waals surface area (Å²) < 4.78 is 49.5. The molecule has 11 heteroatoms. The van der Waals surface area contributed by atoms with E-state index in [1.165, 1.54) is 28.3 Å². The average molecular weight is 541 g/mol. The van der Waals surface area contributed by atoms with Crippen LogP contribution in [0.15, 0.2) is 88.5 Å². The van der Waals surface area contributed by atoms with E-state index in [-0.39, 0.29) is 36.0 Å². The molecule has 7 nitrogen and oxygen atoms in total. The Bertz CT molecular complexity index is 1740. The molecule has 0 aliphatic carbocycles. The van der Waals surface area contributed by atoms with Gasteiger partial charge in [0.2, 0.25) is 0 Å². The predicted molar refractivity (Wildman–Crippen MR) is 137 cm³/mol. The van der Waals surface area contributed by atoms with Gasteiger partial charge in [-0.2, -0.15) is 18.2 Å². The molecule has 5 rings (SSSR count). The van der Waals surface area contributed by atoms with E-state index < -0.39 is 23.0 Å². The number of alkyl halides is 3. The van der Waals surface area contributed by atoms with Gasteiger partial charge in [-0.3, -0.25) is 18.5 Å². The van der Waals surface area contributed by atoms with Crippen LogP contribution in [0.4, 0.5) is 13.2 Å². The molecular weight excluding hydrogens is 521 g/mol. The first-order valence-corrected chi connectivity index (χ1v) is 11.8. The minimum atomic E-state index is -4.57. The van der Waals surface area contributed by atoms with Crippen molar-refractivity contribution in [2.75, 3.05) is 0 Å². The smallest absolute Gasteiger partial charge is 0.416 e. The van der Waals surface area contributed by atoms with Gasteiger partial charge in [0, 0.05) is 12.1 Å². The standard InChI is InChI=1S/C27H20ClF3N4O3/c1-33-24(36)22-23(35(26(33)37)16-17-6-3-2-4-7-17)32-25(34(22)15-18-10-12-20(28)13-11-18)38-21-9-5-8-19(14-21)27(29,30)31/h2-14H,15-16H2,1H3. The van der Waals surface area contributed by atoms with Crippen LogP contribution in [0.5, 0.6) is 11.8 Å². The molecule has 38 heavy (non-hydrogen) atoms. The van der Waals surface area contributed by atoms with Crippen molar-refractivity contribution in [1.29, 1.82) is 0 Å². The SMILES string of the molecule is Cn1c(=O)c2c(nc(Oc3cccc(C(F)(F)F)c3)n2Cc2ccc(Cl)cc2)n(Cc2ccccc2)c1=O. The molecular formula is C27H20ClF3N4O3. The topological polar surface area (TPSA) is 71.1 Å². The minimum Gasteiger partial charge on any atom is -0.425 e. The summed E-state index contributed by atoms with van der Waals surface area (Å²) in [4.78, 5) is 30.9. The Morgan fingerprint density at radius 2 is 1.53 bits per heavy atom. The second-order valence-corrected chi connectivity index (χ2v) is 9.06. The number of imidazole rings is 1. The summed E-state index contributed by atoms with van der Waals surface area (Å²) in [6.07, 6.45) is -4.57. The Hall–Kier alpha value is -4.31. The number of nitrogens with zero attached hydrogens (tertiary/aromatic N) is 4. The summed E-state index contributed by atoms with van der Waals surface area (Å²) in [7, 11) is 1.36. The van der Waals surface area contributed by atoms with Crippen LogP contribution in [-0.2, 0) is 26.3 Å². The van der Waals surface area contributed by atoms with Crippen LogP contribution in [0.2, 0.25) is 5.02 Å². The van der Waals surface area contributed by atoms with Crippen LogP contribution in [0.25, 0.3) is 11.2 Å². The lowest BCUT2D eigenvalue weighted by Crippen LogP contribution is -2.39. The van der Waals surface area contributed by atoms with Crippen molar-refractivity contribution < 1.29 is 17.9 Å². The lowest BCUT2D eigenvalue weighted by molar-refractivity contribution is -0.137. The fraction of sp³-hybridized carbons (Fsp3) is 0.148. The second kappa shape index (κ2) is 9.86. The quantitative estimate of drug-likeness (QED) is 0.287. The van der Waals surface area contributed by atoms with Gasteiger partial charge in [0.05, 0.1) is 18.7 Å². The van der Waals surface area contributed by atoms with Crippen LogP contribution >= 0.6 is 11.6 Å². The summed E-state index contributed by atoms with van der Waals surface area (Å²) in [6, 6.07) is 20.2. The van der Waals surface area contributed by atoms with Crippen molar-refractivity contribution in [3.05, 3.63) is 121 Å². The molecule has 0 amide bonds. The average Bonchev–Trinajstić information content (AvgIpc) is 3.24. The number of ether oxygens (including phenoxy) is 1. The molecule has 0 N–H and O–H groups in total. The van der Waals surface area contributed by atoms with Crippen LogP contribution in [0.3, 0.4) is 0 Å². The Balaban J connectivity index is 1.72. The molecule has 3 aromatic carbocycles. The third-order valence-electron chi connectivity index (χ3n) is 6.00. The fourth-order valence-electron chi connectivity index (χ4n) is 4.08. The molecule has 0 atom stereocenters. The van der Waals surface area contributed by atoms with Crippen LogP contribution < -0.4 is 16.0 Å². The number of rotatable bonds is 6. The van der Waals surface area contributed by atoms with E-state index in [1.54, 1.807) is 24.3 Å². The van der Waals surface area contributed by atoms with Gasteiger partial charge >= 0.3 is 17.9 Å². The zero-order valence-corrected chi connectivity index (χ0v) is 20.7. The molecule has 0 unspecified atom stereocenters. The van der Waals surface area contributed by atoms with Crippen molar-refractivity contribution in [2.45, 2.75) is 19.3 Å². The molecule has 2 heterocycles. The molecule has 0 saturated heterocycles. The maximum absolute atomic E-state index is 13.3. The first-order valence-electron chi connectivity index (χ1n) is 11.5. The molecule has 0 saturated carbocycles. The van der Waals surface area contributed by atoms with Gasteiger partial charge in [0.1, 0.15) is 5.75 Å². The third kappa shape index (κ3) is 4.95. The van der Waals surface area contributed by atoms with E-state index in [0.29, 0.717) is 5.02 Å². The van der Waals surface area contributed by atoms with Crippen molar-refractivity contribution in [2.24, 2.45) is 7.05 Å². The van der Waals surface area contributed by atoms with Crippen LogP contribution in [-0.4, -0.2) is 18.7 Å². The molecule has 194 valence electrons. The number of benzene rings is 3. The third-order valence-corrected chi connectivity index (χ3v) is 6.25. The zero-order valence-electron chi connectivity index (χ0n) is 19.9. The highest BCUT2D eigenvalue weighted by Gasteiger charge is 2.31. The first kappa shape index (κ1) is 25.3. The number of hydrogen-bond acceptors (Lipinski definition) is 4. The Kier molecular flexibility index (Phi) is 6.58. The van der Waals surface area contributed by atoms with Crippen molar-refractivity contribution in [3.8, 4) is 11.8 Å². The summed E-state index contributed by atoms with van der Waals surface area (Å²) in [5, 5.41) is 0.511. The van der Waals surface area contributed by atoms with Crippen molar-refractivity contribution in [3.63, 3.8) is 0 Å². The van der Waals surface area contributed by atoms with Gasteiger partial charge in [0.25, 0.3) is 5.56 Å². The Morgan fingerprint density at radius 1 is 0.868 bits per heavy atom. The van der Waals surface area contributed by atoms with E-state index in [9.17, 15) is 22.8 Å². The highest BCUT2D eigenvalue weighted by Crippen LogP contribution is 2.33. The van der Waals surface area contributed by atoms with Gasteiger partial charge in [-0.05, 0) is 41.5 Å².